The largest absolute Gasteiger partial charge is 0.488 e. The minimum absolute atomic E-state index is 0.0917. The minimum atomic E-state index is -1.43. The average Bonchev–Trinajstić information content (AvgIpc) is 3.35. The molecule has 2 N–H and O–H groups in total. The normalized spacial score (nSPS) is 14.4. The van der Waals surface area contributed by atoms with Gasteiger partial charge in [-0.1, -0.05) is 11.8 Å². The van der Waals surface area contributed by atoms with Crippen LogP contribution in [0.5, 0.6) is 5.75 Å². The SMILES string of the molecule is C#Cc1ccc(NC(=O)C2CN(c3ccc(-c4cc(OCC(C)(O)C#C)cn5ncc(C#N)c45)cn3)C2)cn1. The van der Waals surface area contributed by atoms with Gasteiger partial charge in [0.25, 0.3) is 0 Å². The van der Waals surface area contributed by atoms with Gasteiger partial charge in [0.15, 0.2) is 5.60 Å². The molecule has 1 aliphatic heterocycles. The van der Waals surface area contributed by atoms with Crippen LogP contribution in [-0.4, -0.2) is 55.9 Å². The highest BCUT2D eigenvalue weighted by Gasteiger charge is 2.33. The van der Waals surface area contributed by atoms with E-state index in [1.807, 2.05) is 17.0 Å². The first-order chi connectivity index (χ1) is 18.8. The van der Waals surface area contributed by atoms with Crippen molar-refractivity contribution < 1.29 is 14.6 Å². The second-order valence-corrected chi connectivity index (χ2v) is 9.33. The molecule has 10 heteroatoms. The van der Waals surface area contributed by atoms with Crippen molar-refractivity contribution in [2.24, 2.45) is 5.92 Å². The number of rotatable bonds is 7. The molecule has 5 heterocycles. The summed E-state index contributed by atoms with van der Waals surface area (Å²) in [6.45, 7) is 2.42. The van der Waals surface area contributed by atoms with Crippen LogP contribution in [0.2, 0.25) is 0 Å². The molecule has 192 valence electrons. The van der Waals surface area contributed by atoms with Crippen molar-refractivity contribution >= 4 is 22.9 Å². The minimum Gasteiger partial charge on any atom is -0.488 e. The van der Waals surface area contributed by atoms with Gasteiger partial charge in [-0.3, -0.25) is 4.79 Å². The van der Waals surface area contributed by atoms with Gasteiger partial charge in [0.05, 0.1) is 41.3 Å². The van der Waals surface area contributed by atoms with E-state index in [-0.39, 0.29) is 18.4 Å². The van der Waals surface area contributed by atoms with Gasteiger partial charge in [0.1, 0.15) is 29.9 Å². The van der Waals surface area contributed by atoms with Crippen molar-refractivity contribution in [1.82, 2.24) is 19.6 Å². The second kappa shape index (κ2) is 10.2. The summed E-state index contributed by atoms with van der Waals surface area (Å²) in [7, 11) is 0. The van der Waals surface area contributed by atoms with Gasteiger partial charge in [0, 0.05) is 30.4 Å². The van der Waals surface area contributed by atoms with E-state index in [2.05, 4.69) is 38.3 Å². The Morgan fingerprint density at radius 1 is 1.23 bits per heavy atom. The van der Waals surface area contributed by atoms with Gasteiger partial charge in [-0.2, -0.15) is 10.4 Å². The predicted octanol–water partition coefficient (Wildman–Crippen LogP) is 2.48. The lowest BCUT2D eigenvalue weighted by Gasteiger charge is -2.39. The standard InChI is InChI=1S/C29H23N7O3/c1-4-22-7-8-23(14-31-22)34-28(37)21-15-35(16-21)26-9-6-19(12-32-26)25-10-24(39-18-29(3,38)5-2)17-36-27(25)20(11-30)13-33-36/h1-2,6-10,12-14,17,21,38H,15-16,18H2,3H3,(H,34,37). The molecule has 1 amide bonds. The molecule has 1 fully saturated rings. The van der Waals surface area contributed by atoms with Crippen LogP contribution < -0.4 is 15.0 Å². The van der Waals surface area contributed by atoms with Crippen molar-refractivity contribution in [2.75, 3.05) is 29.9 Å². The Morgan fingerprint density at radius 3 is 2.69 bits per heavy atom. The number of nitrogens with zero attached hydrogens (tertiary/aromatic N) is 6. The molecule has 1 aliphatic rings. The van der Waals surface area contributed by atoms with Crippen LogP contribution in [-0.2, 0) is 4.79 Å². The molecule has 0 saturated carbocycles. The zero-order chi connectivity index (χ0) is 27.6. The molecule has 4 aromatic rings. The van der Waals surface area contributed by atoms with Crippen LogP contribution in [0.15, 0.2) is 55.1 Å². The molecule has 0 radical (unpaired) electrons. The highest BCUT2D eigenvalue weighted by atomic mass is 16.5. The fourth-order valence-corrected chi connectivity index (χ4v) is 4.10. The maximum Gasteiger partial charge on any atom is 0.231 e. The zero-order valence-electron chi connectivity index (χ0n) is 21.0. The number of terminal acetylenes is 2. The summed E-state index contributed by atoms with van der Waals surface area (Å²) in [5, 5.41) is 26.8. The molecular weight excluding hydrogens is 494 g/mol. The third kappa shape index (κ3) is 5.21. The van der Waals surface area contributed by atoms with E-state index in [1.165, 1.54) is 19.3 Å². The van der Waals surface area contributed by atoms with E-state index >= 15 is 0 Å². The number of nitrogens with one attached hydrogen (secondary N) is 1. The Morgan fingerprint density at radius 2 is 2.05 bits per heavy atom. The first-order valence-electron chi connectivity index (χ1n) is 12.0. The molecule has 1 atom stereocenters. The zero-order valence-corrected chi connectivity index (χ0v) is 21.0. The Balaban J connectivity index is 1.30. The van der Waals surface area contributed by atoms with Crippen LogP contribution in [0.4, 0.5) is 11.5 Å². The summed E-state index contributed by atoms with van der Waals surface area (Å²) >= 11 is 0. The Labute approximate surface area is 224 Å². The van der Waals surface area contributed by atoms with Gasteiger partial charge >= 0.3 is 0 Å². The molecule has 0 spiro atoms. The predicted molar refractivity (Wildman–Crippen MR) is 145 cm³/mol. The molecule has 4 aromatic heterocycles. The molecular formula is C29H23N7O3. The molecule has 1 unspecified atom stereocenters. The number of fused-ring (bicyclic) bond motifs is 1. The lowest BCUT2D eigenvalue weighted by atomic mass is 9.98. The van der Waals surface area contributed by atoms with E-state index in [0.717, 1.165) is 11.4 Å². The number of hydrogen-bond acceptors (Lipinski definition) is 8. The molecule has 5 rings (SSSR count). The maximum absolute atomic E-state index is 12.6. The van der Waals surface area contributed by atoms with Crippen LogP contribution in [0, 0.1) is 41.9 Å². The van der Waals surface area contributed by atoms with Crippen molar-refractivity contribution in [1.29, 1.82) is 5.26 Å². The van der Waals surface area contributed by atoms with E-state index in [0.29, 0.717) is 46.9 Å². The number of pyridine rings is 3. The Hall–Kier alpha value is -5.37. The smallest absolute Gasteiger partial charge is 0.231 e. The maximum atomic E-state index is 12.6. The molecule has 1 saturated heterocycles. The second-order valence-electron chi connectivity index (χ2n) is 9.33. The Bertz CT molecular complexity index is 1660. The summed E-state index contributed by atoms with van der Waals surface area (Å²) in [5.41, 5.74) is 2.10. The van der Waals surface area contributed by atoms with Crippen molar-refractivity contribution in [3.05, 3.63) is 66.4 Å². The molecule has 10 nitrogen and oxygen atoms in total. The number of hydrogen-bond donors (Lipinski definition) is 2. The third-order valence-electron chi connectivity index (χ3n) is 6.35. The van der Waals surface area contributed by atoms with Crippen LogP contribution in [0.1, 0.15) is 18.2 Å². The summed E-state index contributed by atoms with van der Waals surface area (Å²) in [5.74, 6) is 5.59. The Kier molecular flexibility index (Phi) is 6.60. The number of carbonyl (C=O) groups is 1. The summed E-state index contributed by atoms with van der Waals surface area (Å²) in [4.78, 5) is 23.3. The van der Waals surface area contributed by atoms with Crippen LogP contribution >= 0.6 is 0 Å². The number of anilines is 2. The number of ether oxygens (including phenoxy) is 1. The van der Waals surface area contributed by atoms with E-state index in [1.54, 1.807) is 35.1 Å². The highest BCUT2D eigenvalue weighted by molar-refractivity contribution is 5.94. The van der Waals surface area contributed by atoms with Crippen LogP contribution in [0.3, 0.4) is 0 Å². The van der Waals surface area contributed by atoms with E-state index in [4.69, 9.17) is 17.6 Å². The van der Waals surface area contributed by atoms with Gasteiger partial charge in [-0.15, -0.1) is 12.8 Å². The monoisotopic (exact) mass is 517 g/mol. The van der Waals surface area contributed by atoms with Crippen LogP contribution in [0.25, 0.3) is 16.6 Å². The first-order valence-corrected chi connectivity index (χ1v) is 12.0. The van der Waals surface area contributed by atoms with Gasteiger partial charge in [-0.25, -0.2) is 14.5 Å². The van der Waals surface area contributed by atoms with Crippen molar-refractivity contribution in [3.8, 4) is 47.6 Å². The summed E-state index contributed by atoms with van der Waals surface area (Å²) < 4.78 is 7.29. The number of nitriles is 1. The summed E-state index contributed by atoms with van der Waals surface area (Å²) in [6, 6.07) is 11.1. The number of carbonyl (C=O) groups excluding carboxylic acids is 1. The van der Waals surface area contributed by atoms with E-state index in [9.17, 15) is 15.2 Å². The topological polar surface area (TPSA) is 129 Å². The lowest BCUT2D eigenvalue weighted by Crippen LogP contribution is -2.52. The van der Waals surface area contributed by atoms with Crippen molar-refractivity contribution in [2.45, 2.75) is 12.5 Å². The average molecular weight is 518 g/mol. The lowest BCUT2D eigenvalue weighted by molar-refractivity contribution is -0.120. The summed E-state index contributed by atoms with van der Waals surface area (Å²) in [6.07, 6.45) is 17.0. The molecule has 39 heavy (non-hydrogen) atoms. The highest BCUT2D eigenvalue weighted by Crippen LogP contribution is 2.32. The van der Waals surface area contributed by atoms with E-state index < -0.39 is 5.60 Å². The third-order valence-corrected chi connectivity index (χ3v) is 6.35. The van der Waals surface area contributed by atoms with Crippen molar-refractivity contribution in [3.63, 3.8) is 0 Å². The first kappa shape index (κ1) is 25.3. The molecule has 0 bridgehead atoms. The quantitative estimate of drug-likeness (QED) is 0.358. The van der Waals surface area contributed by atoms with Gasteiger partial charge < -0.3 is 20.1 Å². The molecule has 0 aliphatic carbocycles. The van der Waals surface area contributed by atoms with Gasteiger partial charge in [-0.05, 0) is 37.3 Å². The molecule has 0 aromatic carbocycles. The van der Waals surface area contributed by atoms with Gasteiger partial charge in [0.2, 0.25) is 5.91 Å². The fraction of sp³-hybridized carbons (Fsp3) is 0.207. The number of aromatic nitrogens is 4. The fourth-order valence-electron chi connectivity index (χ4n) is 4.10. The number of aliphatic hydroxyl groups is 1. The number of amides is 1.